The first-order valence-electron chi connectivity index (χ1n) is 7.23. The molecule has 0 radical (unpaired) electrons. The Bertz CT molecular complexity index is 693. The monoisotopic (exact) mass is 352 g/mol. The maximum absolute atomic E-state index is 11.7. The summed E-state index contributed by atoms with van der Waals surface area (Å²) in [6.45, 7) is 5.52. The number of ether oxygens (including phenoxy) is 1. The van der Waals surface area contributed by atoms with E-state index in [0.29, 0.717) is 15.7 Å². The quantitative estimate of drug-likeness (QED) is 0.473. The summed E-state index contributed by atoms with van der Waals surface area (Å²) in [6, 6.07) is 3.77. The molecule has 0 fully saturated rings. The van der Waals surface area contributed by atoms with Crippen LogP contribution in [-0.4, -0.2) is 34.5 Å². The number of aromatic nitrogens is 2. The van der Waals surface area contributed by atoms with Crippen LogP contribution in [0.25, 0.3) is 0 Å². The maximum atomic E-state index is 11.7. The highest BCUT2D eigenvalue weighted by atomic mass is 32.1. The second-order valence-corrected chi connectivity index (χ2v) is 6.69. The van der Waals surface area contributed by atoms with Crippen molar-refractivity contribution < 1.29 is 9.53 Å². The summed E-state index contributed by atoms with van der Waals surface area (Å²) >= 11 is 6.75. The molecule has 0 aliphatic carbocycles. The van der Waals surface area contributed by atoms with Crippen molar-refractivity contribution in [3.8, 4) is 0 Å². The molecular formula is C15H20N4O2S2. The van der Waals surface area contributed by atoms with Crippen molar-refractivity contribution in [3.05, 3.63) is 34.5 Å². The molecule has 0 aliphatic rings. The van der Waals surface area contributed by atoms with Crippen LogP contribution in [0.3, 0.4) is 0 Å². The van der Waals surface area contributed by atoms with Gasteiger partial charge in [0.1, 0.15) is 5.00 Å². The topological polar surface area (TPSA) is 68.2 Å². The molecular weight excluding hydrogens is 332 g/mol. The van der Waals surface area contributed by atoms with Crippen LogP contribution in [0.4, 0.5) is 5.00 Å². The number of thiocarbonyl (C=S) groups is 1. The van der Waals surface area contributed by atoms with Gasteiger partial charge in [-0.05, 0) is 44.6 Å². The number of esters is 1. The first-order valence-corrected chi connectivity index (χ1v) is 8.45. The van der Waals surface area contributed by atoms with Gasteiger partial charge in [-0.3, -0.25) is 4.68 Å². The van der Waals surface area contributed by atoms with E-state index in [0.717, 1.165) is 30.1 Å². The minimum atomic E-state index is -0.367. The van der Waals surface area contributed by atoms with E-state index in [1.165, 1.54) is 18.4 Å². The van der Waals surface area contributed by atoms with Crippen LogP contribution in [0.2, 0.25) is 0 Å². The van der Waals surface area contributed by atoms with Gasteiger partial charge in [-0.1, -0.05) is 0 Å². The highest BCUT2D eigenvalue weighted by molar-refractivity contribution is 7.80. The zero-order valence-electron chi connectivity index (χ0n) is 13.4. The van der Waals surface area contributed by atoms with Crippen molar-refractivity contribution in [2.45, 2.75) is 26.8 Å². The van der Waals surface area contributed by atoms with Crippen molar-refractivity contribution in [1.82, 2.24) is 15.1 Å². The van der Waals surface area contributed by atoms with Crippen LogP contribution in [0.5, 0.6) is 0 Å². The highest BCUT2D eigenvalue weighted by Crippen LogP contribution is 2.28. The lowest BCUT2D eigenvalue weighted by molar-refractivity contribution is 0.0602. The predicted molar refractivity (Wildman–Crippen MR) is 96.2 cm³/mol. The number of rotatable bonds is 6. The summed E-state index contributed by atoms with van der Waals surface area (Å²) in [5, 5.41) is 11.6. The molecule has 2 N–H and O–H groups in total. The number of carbonyl (C=O) groups excluding carboxylic acids is 1. The van der Waals surface area contributed by atoms with Gasteiger partial charge in [0, 0.05) is 29.9 Å². The number of hydrogen-bond donors (Lipinski definition) is 2. The van der Waals surface area contributed by atoms with E-state index >= 15 is 0 Å². The lowest BCUT2D eigenvalue weighted by atomic mass is 10.3. The number of nitrogens with zero attached hydrogens (tertiary/aromatic N) is 2. The number of thiophene rings is 1. The fourth-order valence-electron chi connectivity index (χ4n) is 2.08. The number of nitrogens with one attached hydrogen (secondary N) is 2. The van der Waals surface area contributed by atoms with Gasteiger partial charge >= 0.3 is 5.97 Å². The lowest BCUT2D eigenvalue weighted by Gasteiger charge is -2.10. The highest BCUT2D eigenvalue weighted by Gasteiger charge is 2.16. The van der Waals surface area contributed by atoms with Gasteiger partial charge in [0.05, 0.1) is 12.7 Å². The molecule has 0 saturated heterocycles. The molecule has 2 rings (SSSR count). The summed E-state index contributed by atoms with van der Waals surface area (Å²) < 4.78 is 6.73. The van der Waals surface area contributed by atoms with Crippen LogP contribution in [-0.2, 0) is 11.3 Å². The summed E-state index contributed by atoms with van der Waals surface area (Å²) in [6.07, 6.45) is 2.69. The van der Waals surface area contributed by atoms with Gasteiger partial charge in [-0.15, -0.1) is 11.3 Å². The van der Waals surface area contributed by atoms with Crippen LogP contribution in [0.15, 0.2) is 18.3 Å². The molecule has 0 atom stereocenters. The molecule has 0 aromatic carbocycles. The smallest absolute Gasteiger partial charge is 0.340 e. The Balaban J connectivity index is 1.81. The van der Waals surface area contributed by atoms with Gasteiger partial charge < -0.3 is 15.4 Å². The second-order valence-electron chi connectivity index (χ2n) is 5.02. The first-order chi connectivity index (χ1) is 11.0. The minimum Gasteiger partial charge on any atom is -0.465 e. The van der Waals surface area contributed by atoms with Gasteiger partial charge in [0.2, 0.25) is 0 Å². The minimum absolute atomic E-state index is 0.367. The molecule has 23 heavy (non-hydrogen) atoms. The van der Waals surface area contributed by atoms with E-state index in [2.05, 4.69) is 15.7 Å². The number of carbonyl (C=O) groups is 1. The van der Waals surface area contributed by atoms with Crippen molar-refractivity contribution in [2.24, 2.45) is 0 Å². The molecule has 2 aromatic rings. The van der Waals surface area contributed by atoms with Crippen molar-refractivity contribution in [1.29, 1.82) is 0 Å². The third-order valence-corrected chi connectivity index (χ3v) is 4.46. The largest absolute Gasteiger partial charge is 0.465 e. The Morgan fingerprint density at radius 2 is 2.26 bits per heavy atom. The molecule has 0 saturated carbocycles. The average Bonchev–Trinajstić information content (AvgIpc) is 3.09. The van der Waals surface area contributed by atoms with Crippen LogP contribution in [0.1, 0.15) is 27.3 Å². The molecule has 0 spiro atoms. The molecule has 6 nitrogen and oxygen atoms in total. The number of anilines is 1. The summed E-state index contributed by atoms with van der Waals surface area (Å²) in [4.78, 5) is 12.7. The number of aryl methyl sites for hydroxylation is 3. The fourth-order valence-corrected chi connectivity index (χ4v) is 3.25. The zero-order chi connectivity index (χ0) is 16.8. The third kappa shape index (κ3) is 4.77. The van der Waals surface area contributed by atoms with E-state index in [1.54, 1.807) is 12.3 Å². The van der Waals surface area contributed by atoms with E-state index in [9.17, 15) is 4.79 Å². The van der Waals surface area contributed by atoms with Crippen LogP contribution in [0, 0.1) is 13.8 Å². The van der Waals surface area contributed by atoms with Gasteiger partial charge in [-0.25, -0.2) is 4.79 Å². The Hall–Kier alpha value is -1.93. The second kappa shape index (κ2) is 8.07. The normalized spacial score (nSPS) is 10.4. The van der Waals surface area contributed by atoms with E-state index in [4.69, 9.17) is 17.0 Å². The SMILES string of the molecule is COC(=O)c1cc(C)sc1NC(=S)NCCCn1nccc1C. The first kappa shape index (κ1) is 17.4. The summed E-state index contributed by atoms with van der Waals surface area (Å²) in [5.41, 5.74) is 1.65. The lowest BCUT2D eigenvalue weighted by Crippen LogP contribution is -2.30. The predicted octanol–water partition coefficient (Wildman–Crippen LogP) is 2.72. The van der Waals surface area contributed by atoms with Crippen molar-refractivity contribution in [2.75, 3.05) is 19.0 Å². The van der Waals surface area contributed by atoms with Gasteiger partial charge in [-0.2, -0.15) is 5.10 Å². The molecule has 2 heterocycles. The van der Waals surface area contributed by atoms with Gasteiger partial charge in [0.15, 0.2) is 5.11 Å². The Morgan fingerprint density at radius 1 is 1.48 bits per heavy atom. The van der Waals surface area contributed by atoms with E-state index < -0.39 is 0 Å². The number of methoxy groups -OCH3 is 1. The summed E-state index contributed by atoms with van der Waals surface area (Å²) in [5.74, 6) is -0.367. The molecule has 2 aromatic heterocycles. The third-order valence-electron chi connectivity index (χ3n) is 3.25. The average molecular weight is 352 g/mol. The van der Waals surface area contributed by atoms with Crippen LogP contribution >= 0.6 is 23.6 Å². The Morgan fingerprint density at radius 3 is 2.91 bits per heavy atom. The van der Waals surface area contributed by atoms with Crippen molar-refractivity contribution in [3.63, 3.8) is 0 Å². The zero-order valence-corrected chi connectivity index (χ0v) is 15.0. The van der Waals surface area contributed by atoms with Gasteiger partial charge in [0.25, 0.3) is 0 Å². The van der Waals surface area contributed by atoms with E-state index in [1.807, 2.05) is 24.6 Å². The molecule has 124 valence electrons. The molecule has 8 heteroatoms. The number of hydrogen-bond acceptors (Lipinski definition) is 5. The molecule has 0 bridgehead atoms. The fraction of sp³-hybridized carbons (Fsp3) is 0.400. The maximum Gasteiger partial charge on any atom is 0.340 e. The summed E-state index contributed by atoms with van der Waals surface area (Å²) in [7, 11) is 1.37. The van der Waals surface area contributed by atoms with Crippen molar-refractivity contribution >= 4 is 39.6 Å². The standard InChI is InChI=1S/C15H20N4O2S2/c1-10-5-7-17-19(10)8-4-6-16-15(22)18-13-12(14(20)21-3)9-11(2)23-13/h5,7,9H,4,6,8H2,1-3H3,(H2,16,18,22). The Labute approximate surface area is 144 Å². The van der Waals surface area contributed by atoms with Crippen LogP contribution < -0.4 is 10.6 Å². The van der Waals surface area contributed by atoms with E-state index in [-0.39, 0.29) is 5.97 Å². The molecule has 0 aliphatic heterocycles. The Kier molecular flexibility index (Phi) is 6.12. The molecule has 0 amide bonds. The molecule has 0 unspecified atom stereocenters.